The first-order chi connectivity index (χ1) is 32.6. The minimum absolute atomic E-state index is 0.0484. The number of hydrogen-bond acceptors (Lipinski definition) is 8. The van der Waals surface area contributed by atoms with Crippen molar-refractivity contribution in [3.8, 4) is 0 Å². The fourth-order valence-corrected chi connectivity index (χ4v) is 13.4. The van der Waals surface area contributed by atoms with Gasteiger partial charge >= 0.3 is 5.97 Å². The Balaban J connectivity index is 1.01. The maximum atomic E-state index is 14.2. The van der Waals surface area contributed by atoms with Gasteiger partial charge in [-0.2, -0.15) is 0 Å². The molecule has 0 aromatic carbocycles. The first kappa shape index (κ1) is 53.5. The molecule has 0 unspecified atom stereocenters. The standard InChI is InChI=1S/C54H83N7O8/c1-32(2)14-15-34(5)40-18-19-41-39-17-16-37-29-38(22-24-53(37,7)42(39)23-25-54(40,41)8)69-47(63)30-56-51(67)45-13-11-27-61(45)52(68)44(28-33(3)4)59-50(66)43(20-21-46(55)62)58-48(64)35(6)57-49(65)36-12-10-26-60(9)31-36/h10,12,16,26,31-35,38-45H,11,13-15,17-25,27-30H2,1-9H3,(H5-,55,56,57,58,59,62,64,65,66,67)/p+1/t34-,35+,38-,39+,40-,41+,42+,43+,44+,45+,53+,54-/m1/s1. The number of esters is 1. The Hall–Kier alpha value is -4.82. The predicted molar refractivity (Wildman–Crippen MR) is 262 cm³/mol. The van der Waals surface area contributed by atoms with Gasteiger partial charge in [0.05, 0.1) is 0 Å². The van der Waals surface area contributed by atoms with Crippen molar-refractivity contribution < 1.29 is 42.9 Å². The van der Waals surface area contributed by atoms with E-state index in [1.807, 2.05) is 13.8 Å². The molecule has 1 aromatic rings. The van der Waals surface area contributed by atoms with Crippen LogP contribution in [-0.4, -0.2) is 89.7 Å². The van der Waals surface area contributed by atoms with Crippen molar-refractivity contribution in [2.24, 2.45) is 65.0 Å². The Morgan fingerprint density at radius 3 is 2.29 bits per heavy atom. The molecular weight excluding hydrogens is 875 g/mol. The SMILES string of the molecule is CC(C)CC[C@@H](C)[C@H]1CC[C@H]2[C@@H]3CC=C4C[C@H](OC(=O)CNC(=O)[C@@H]5CCCN5C(=O)[C@H](CC(C)C)NC(=O)[C@H](CCC(N)=O)NC(=O)[C@H](C)NC(=O)c5ccc[n+](C)c5)CC[C@]4(C)[C@H]3CC[C@]12C. The van der Waals surface area contributed by atoms with Gasteiger partial charge in [-0.3, -0.25) is 33.6 Å². The smallest absolute Gasteiger partial charge is 0.325 e. The molecule has 4 fully saturated rings. The first-order valence-corrected chi connectivity index (χ1v) is 26.2. The molecule has 1 aliphatic heterocycles. The van der Waals surface area contributed by atoms with E-state index in [0.29, 0.717) is 35.7 Å². The van der Waals surface area contributed by atoms with Gasteiger partial charge in [0.1, 0.15) is 49.4 Å². The van der Waals surface area contributed by atoms with Crippen LogP contribution >= 0.6 is 0 Å². The Bertz CT molecular complexity index is 2090. The van der Waals surface area contributed by atoms with Gasteiger partial charge in [-0.1, -0.05) is 73.0 Å². The average molecular weight is 959 g/mol. The number of likely N-dealkylation sites (tertiary alicyclic amines) is 1. The van der Waals surface area contributed by atoms with E-state index in [9.17, 15) is 33.6 Å². The number of carbonyl (C=O) groups is 7. The average Bonchev–Trinajstić information content (AvgIpc) is 3.93. The number of fused-ring (bicyclic) bond motifs is 5. The highest BCUT2D eigenvalue weighted by atomic mass is 16.5. The summed E-state index contributed by atoms with van der Waals surface area (Å²) in [6.45, 7) is 17.5. The Labute approximate surface area is 411 Å². The summed E-state index contributed by atoms with van der Waals surface area (Å²) in [5.41, 5.74) is 7.72. The maximum absolute atomic E-state index is 14.2. The third-order valence-electron chi connectivity index (χ3n) is 17.1. The summed E-state index contributed by atoms with van der Waals surface area (Å²) in [4.78, 5) is 94.5. The molecule has 1 saturated heterocycles. The second-order valence-electron chi connectivity index (χ2n) is 22.9. The van der Waals surface area contributed by atoms with Crippen LogP contribution in [0.15, 0.2) is 36.2 Å². The molecule has 5 aliphatic rings. The number of nitrogens with zero attached hydrogens (tertiary/aromatic N) is 2. The summed E-state index contributed by atoms with van der Waals surface area (Å²) in [7, 11) is 1.76. The van der Waals surface area contributed by atoms with Crippen LogP contribution in [0.3, 0.4) is 0 Å². The monoisotopic (exact) mass is 959 g/mol. The quantitative estimate of drug-likeness (QED) is 0.0632. The Morgan fingerprint density at radius 2 is 1.59 bits per heavy atom. The zero-order valence-corrected chi connectivity index (χ0v) is 43.1. The number of carbonyl (C=O) groups excluding carboxylic acids is 7. The van der Waals surface area contributed by atoms with E-state index < -0.39 is 65.6 Å². The van der Waals surface area contributed by atoms with Crippen LogP contribution in [-0.2, 0) is 40.6 Å². The molecule has 0 spiro atoms. The minimum atomic E-state index is -1.26. The van der Waals surface area contributed by atoms with Crippen molar-refractivity contribution in [3.05, 3.63) is 41.7 Å². The van der Waals surface area contributed by atoms with Gasteiger partial charge in [0.2, 0.25) is 29.5 Å². The third kappa shape index (κ3) is 12.8. The third-order valence-corrected chi connectivity index (χ3v) is 17.1. The lowest BCUT2D eigenvalue weighted by Crippen LogP contribution is -2.58. The van der Waals surface area contributed by atoms with Gasteiger partial charge in [0.25, 0.3) is 5.91 Å². The predicted octanol–water partition coefficient (Wildman–Crippen LogP) is 5.58. The molecule has 0 radical (unpaired) electrons. The molecule has 69 heavy (non-hydrogen) atoms. The number of allylic oxidation sites excluding steroid dienone is 1. The molecule has 6 N–H and O–H groups in total. The highest BCUT2D eigenvalue weighted by Crippen LogP contribution is 2.67. The lowest BCUT2D eigenvalue weighted by Gasteiger charge is -2.58. The van der Waals surface area contributed by atoms with E-state index in [-0.39, 0.29) is 49.8 Å². The summed E-state index contributed by atoms with van der Waals surface area (Å²) in [6.07, 6.45) is 17.9. The number of primary amides is 1. The van der Waals surface area contributed by atoms with Gasteiger partial charge in [0, 0.05) is 25.5 Å². The zero-order valence-electron chi connectivity index (χ0n) is 43.1. The van der Waals surface area contributed by atoms with Gasteiger partial charge in [-0.05, 0) is 136 Å². The number of nitrogens with one attached hydrogen (secondary N) is 4. The second-order valence-corrected chi connectivity index (χ2v) is 22.9. The molecule has 6 rings (SSSR count). The van der Waals surface area contributed by atoms with Crippen molar-refractivity contribution in [2.75, 3.05) is 13.1 Å². The fourth-order valence-electron chi connectivity index (χ4n) is 13.4. The summed E-state index contributed by atoms with van der Waals surface area (Å²) in [5, 5.41) is 10.8. The van der Waals surface area contributed by atoms with E-state index >= 15 is 0 Å². The number of aryl methyl sites for hydroxylation is 1. The Morgan fingerprint density at radius 1 is 0.855 bits per heavy atom. The minimum Gasteiger partial charge on any atom is -0.461 e. The van der Waals surface area contributed by atoms with Crippen molar-refractivity contribution >= 4 is 41.4 Å². The molecule has 12 atom stereocenters. The van der Waals surface area contributed by atoms with Crippen molar-refractivity contribution in [1.29, 1.82) is 0 Å². The van der Waals surface area contributed by atoms with Crippen LogP contribution in [0.25, 0.3) is 0 Å². The number of pyridine rings is 1. The van der Waals surface area contributed by atoms with E-state index in [4.69, 9.17) is 10.5 Å². The lowest BCUT2D eigenvalue weighted by atomic mass is 9.47. The highest BCUT2D eigenvalue weighted by molar-refractivity contribution is 5.99. The number of rotatable bonds is 20. The summed E-state index contributed by atoms with van der Waals surface area (Å²) >= 11 is 0. The van der Waals surface area contributed by atoms with Crippen LogP contribution in [0.1, 0.15) is 162 Å². The molecule has 1 aromatic heterocycles. The summed E-state index contributed by atoms with van der Waals surface area (Å²) in [6, 6.07) is -0.925. The molecule has 4 aliphatic carbocycles. The second kappa shape index (κ2) is 22.9. The van der Waals surface area contributed by atoms with Crippen molar-refractivity contribution in [1.82, 2.24) is 26.2 Å². The number of amides is 6. The van der Waals surface area contributed by atoms with Crippen LogP contribution in [0.4, 0.5) is 0 Å². The molecular formula is C54H84N7O8+. The van der Waals surface area contributed by atoms with Gasteiger partial charge in [-0.25, -0.2) is 4.57 Å². The Kier molecular flexibility index (Phi) is 17.8. The highest BCUT2D eigenvalue weighted by Gasteiger charge is 2.59. The van der Waals surface area contributed by atoms with Crippen LogP contribution in [0, 0.1) is 52.3 Å². The first-order valence-electron chi connectivity index (χ1n) is 26.2. The van der Waals surface area contributed by atoms with E-state index in [0.717, 1.165) is 49.4 Å². The molecule has 15 heteroatoms. The number of aromatic nitrogens is 1. The number of ether oxygens (including phenoxy) is 1. The number of nitrogens with two attached hydrogens (primary N) is 1. The van der Waals surface area contributed by atoms with Gasteiger partial charge < -0.3 is 36.6 Å². The van der Waals surface area contributed by atoms with Gasteiger partial charge in [0.15, 0.2) is 12.4 Å². The lowest BCUT2D eigenvalue weighted by molar-refractivity contribution is -0.671. The molecule has 382 valence electrons. The molecule has 6 amide bonds. The van der Waals surface area contributed by atoms with Crippen molar-refractivity contribution in [2.45, 2.75) is 182 Å². The fraction of sp³-hybridized carbons (Fsp3) is 0.741. The zero-order chi connectivity index (χ0) is 50.4. The summed E-state index contributed by atoms with van der Waals surface area (Å²) < 4.78 is 7.73. The topological polar surface area (TPSA) is 210 Å². The van der Waals surface area contributed by atoms with Crippen LogP contribution < -0.4 is 31.6 Å². The van der Waals surface area contributed by atoms with Crippen LogP contribution in [0.5, 0.6) is 0 Å². The van der Waals surface area contributed by atoms with E-state index in [1.54, 1.807) is 36.1 Å². The molecule has 2 heterocycles. The van der Waals surface area contributed by atoms with E-state index in [1.165, 1.54) is 55.9 Å². The largest absolute Gasteiger partial charge is 0.461 e. The summed E-state index contributed by atoms with van der Waals surface area (Å²) in [5.74, 6) is 0.435. The number of hydrogen-bond donors (Lipinski definition) is 5. The molecule has 0 bridgehead atoms. The molecule has 3 saturated carbocycles. The normalized spacial score (nSPS) is 29.0. The van der Waals surface area contributed by atoms with Gasteiger partial charge in [-0.15, -0.1) is 0 Å². The maximum Gasteiger partial charge on any atom is 0.325 e. The van der Waals surface area contributed by atoms with Crippen molar-refractivity contribution in [3.63, 3.8) is 0 Å². The van der Waals surface area contributed by atoms with E-state index in [2.05, 4.69) is 62.0 Å². The molecule has 15 nitrogen and oxygen atoms in total. The van der Waals surface area contributed by atoms with Crippen LogP contribution in [0.2, 0.25) is 0 Å².